The predicted molar refractivity (Wildman–Crippen MR) is 104 cm³/mol. The van der Waals surface area contributed by atoms with Crippen molar-refractivity contribution in [1.29, 1.82) is 0 Å². The lowest BCUT2D eigenvalue weighted by Gasteiger charge is -2.07. The number of hydrogen-bond acceptors (Lipinski definition) is 7. The molecule has 27 heavy (non-hydrogen) atoms. The quantitative estimate of drug-likeness (QED) is 0.522. The third-order valence-electron chi connectivity index (χ3n) is 3.97. The van der Waals surface area contributed by atoms with Crippen molar-refractivity contribution in [3.8, 4) is 28.9 Å². The van der Waals surface area contributed by atoms with Gasteiger partial charge in [0.25, 0.3) is 5.89 Å². The molecule has 0 unspecified atom stereocenters. The van der Waals surface area contributed by atoms with Gasteiger partial charge in [0.1, 0.15) is 11.6 Å². The summed E-state index contributed by atoms with van der Waals surface area (Å²) in [6.07, 6.45) is 1.77. The predicted octanol–water partition coefficient (Wildman–Crippen LogP) is 3.95. The van der Waals surface area contributed by atoms with Crippen LogP contribution in [0.25, 0.3) is 34.1 Å². The molecule has 4 rings (SSSR count). The monoisotopic (exact) mass is 359 g/mol. The molecule has 134 valence electrons. The highest BCUT2D eigenvalue weighted by Crippen LogP contribution is 2.27. The first-order valence-corrected chi connectivity index (χ1v) is 8.38. The molecule has 7 nitrogen and oxygen atoms in total. The van der Waals surface area contributed by atoms with Crippen LogP contribution in [0.5, 0.6) is 5.75 Å². The number of benzene rings is 2. The maximum Gasteiger partial charge on any atom is 0.286 e. The van der Waals surface area contributed by atoms with E-state index in [-0.39, 0.29) is 5.89 Å². The van der Waals surface area contributed by atoms with Gasteiger partial charge >= 0.3 is 0 Å². The number of hydrogen-bond donors (Lipinski definition) is 1. The Morgan fingerprint density at radius 2 is 1.81 bits per heavy atom. The molecule has 4 aromatic rings. The van der Waals surface area contributed by atoms with Gasteiger partial charge in [0.2, 0.25) is 11.7 Å². The van der Waals surface area contributed by atoms with Crippen molar-refractivity contribution in [2.45, 2.75) is 0 Å². The van der Waals surface area contributed by atoms with Crippen molar-refractivity contribution >= 4 is 16.7 Å². The molecule has 0 fully saturated rings. The minimum atomic E-state index is 0.258. The lowest BCUT2D eigenvalue weighted by atomic mass is 10.2. The van der Waals surface area contributed by atoms with E-state index in [1.165, 1.54) is 0 Å². The maximum absolute atomic E-state index is 5.80. The molecular weight excluding hydrogens is 342 g/mol. The van der Waals surface area contributed by atoms with Crippen LogP contribution in [0.3, 0.4) is 0 Å². The highest BCUT2D eigenvalue weighted by Gasteiger charge is 2.16. The number of anilines is 1. The molecule has 0 amide bonds. The molecule has 2 heterocycles. The Kier molecular flexibility index (Phi) is 4.49. The molecule has 7 heteroatoms. The Hall–Kier alpha value is -3.74. The van der Waals surface area contributed by atoms with Crippen LogP contribution in [0.1, 0.15) is 0 Å². The average Bonchev–Trinajstić information content (AvgIpc) is 3.22. The highest BCUT2D eigenvalue weighted by atomic mass is 16.5. The van der Waals surface area contributed by atoms with Crippen molar-refractivity contribution in [3.63, 3.8) is 0 Å². The molecule has 0 aliphatic heterocycles. The topological polar surface area (TPSA) is 86.0 Å². The first-order chi connectivity index (χ1) is 13.3. The SMILES string of the molecule is C=CCNc1nc(-c2nnc(-c3ccc(OC)cc3)o2)nc2ccccc12. The molecule has 0 aliphatic rings. The molecule has 2 aromatic heterocycles. The largest absolute Gasteiger partial charge is 0.497 e. The van der Waals surface area contributed by atoms with Crippen LogP contribution in [0.4, 0.5) is 5.82 Å². The Morgan fingerprint density at radius 3 is 2.59 bits per heavy atom. The van der Waals surface area contributed by atoms with Gasteiger partial charge in [-0.1, -0.05) is 18.2 Å². The average molecular weight is 359 g/mol. The molecule has 0 bridgehead atoms. The van der Waals surface area contributed by atoms with Gasteiger partial charge < -0.3 is 14.5 Å². The number of rotatable bonds is 6. The fraction of sp³-hybridized carbons (Fsp3) is 0.100. The molecule has 0 saturated carbocycles. The summed E-state index contributed by atoms with van der Waals surface area (Å²) < 4.78 is 11.0. The van der Waals surface area contributed by atoms with Gasteiger partial charge in [-0.25, -0.2) is 9.97 Å². The number of nitrogens with one attached hydrogen (secondary N) is 1. The van der Waals surface area contributed by atoms with Gasteiger partial charge in [-0.05, 0) is 36.4 Å². The first-order valence-electron chi connectivity index (χ1n) is 8.38. The third kappa shape index (κ3) is 3.35. The summed E-state index contributed by atoms with van der Waals surface area (Å²) in [5.74, 6) is 2.47. The standard InChI is InChI=1S/C20H17N5O2/c1-3-12-21-17-15-6-4-5-7-16(15)22-18(23-17)20-25-24-19(27-20)13-8-10-14(26-2)11-9-13/h3-11H,1,12H2,2H3,(H,21,22,23). The van der Waals surface area contributed by atoms with E-state index in [4.69, 9.17) is 9.15 Å². The van der Waals surface area contributed by atoms with Crippen molar-refractivity contribution in [3.05, 3.63) is 61.2 Å². The number of aromatic nitrogens is 4. The zero-order chi connectivity index (χ0) is 18.6. The van der Waals surface area contributed by atoms with Crippen molar-refractivity contribution in [1.82, 2.24) is 20.2 Å². The van der Waals surface area contributed by atoms with Gasteiger partial charge in [-0.2, -0.15) is 0 Å². The summed E-state index contributed by atoms with van der Waals surface area (Å²) in [6, 6.07) is 15.1. The highest BCUT2D eigenvalue weighted by molar-refractivity contribution is 5.90. The summed E-state index contributed by atoms with van der Waals surface area (Å²) in [5.41, 5.74) is 1.58. The molecule has 0 radical (unpaired) electrons. The van der Waals surface area contributed by atoms with Gasteiger partial charge in [-0.15, -0.1) is 16.8 Å². The maximum atomic E-state index is 5.80. The molecular formula is C20H17N5O2. The van der Waals surface area contributed by atoms with Gasteiger partial charge in [0.05, 0.1) is 12.6 Å². The van der Waals surface area contributed by atoms with Crippen LogP contribution < -0.4 is 10.1 Å². The summed E-state index contributed by atoms with van der Waals surface area (Å²) >= 11 is 0. The Bertz CT molecular complexity index is 1090. The fourth-order valence-corrected chi connectivity index (χ4v) is 2.64. The van der Waals surface area contributed by atoms with E-state index in [2.05, 4.69) is 32.1 Å². The van der Waals surface area contributed by atoms with Crippen LogP contribution in [0.15, 0.2) is 65.6 Å². The van der Waals surface area contributed by atoms with Crippen LogP contribution in [0, 0.1) is 0 Å². The smallest absolute Gasteiger partial charge is 0.286 e. The van der Waals surface area contributed by atoms with E-state index in [0.29, 0.717) is 24.1 Å². The molecule has 0 atom stereocenters. The van der Waals surface area contributed by atoms with Crippen LogP contribution >= 0.6 is 0 Å². The summed E-state index contributed by atoms with van der Waals surface area (Å²) in [6.45, 7) is 4.31. The Balaban J connectivity index is 1.73. The minimum absolute atomic E-state index is 0.258. The second-order valence-electron chi connectivity index (χ2n) is 5.72. The van der Waals surface area contributed by atoms with E-state index in [1.54, 1.807) is 13.2 Å². The molecule has 2 aromatic carbocycles. The third-order valence-corrected chi connectivity index (χ3v) is 3.97. The lowest BCUT2D eigenvalue weighted by molar-refractivity contribution is 0.415. The number of fused-ring (bicyclic) bond motifs is 1. The lowest BCUT2D eigenvalue weighted by Crippen LogP contribution is -2.03. The van der Waals surface area contributed by atoms with E-state index >= 15 is 0 Å². The first kappa shape index (κ1) is 16.7. The number of nitrogens with zero attached hydrogens (tertiary/aromatic N) is 4. The van der Waals surface area contributed by atoms with Crippen molar-refractivity contribution < 1.29 is 9.15 Å². The van der Waals surface area contributed by atoms with Crippen molar-refractivity contribution in [2.24, 2.45) is 0 Å². The second-order valence-corrected chi connectivity index (χ2v) is 5.72. The molecule has 0 spiro atoms. The zero-order valence-corrected chi connectivity index (χ0v) is 14.7. The molecule has 1 N–H and O–H groups in total. The number of ether oxygens (including phenoxy) is 1. The van der Waals surface area contributed by atoms with Gasteiger partial charge in [0, 0.05) is 17.5 Å². The van der Waals surface area contributed by atoms with Gasteiger partial charge in [-0.3, -0.25) is 0 Å². The summed E-state index contributed by atoms with van der Waals surface area (Å²) in [5, 5.41) is 12.4. The zero-order valence-electron chi connectivity index (χ0n) is 14.7. The normalized spacial score (nSPS) is 10.7. The minimum Gasteiger partial charge on any atom is -0.497 e. The molecule has 0 saturated heterocycles. The van der Waals surface area contributed by atoms with E-state index in [0.717, 1.165) is 22.2 Å². The van der Waals surface area contributed by atoms with Crippen molar-refractivity contribution in [2.75, 3.05) is 19.0 Å². The Labute approximate surface area is 155 Å². The summed E-state index contributed by atoms with van der Waals surface area (Å²) in [4.78, 5) is 9.11. The van der Waals surface area contributed by atoms with Crippen LogP contribution in [0.2, 0.25) is 0 Å². The molecule has 0 aliphatic carbocycles. The summed E-state index contributed by atoms with van der Waals surface area (Å²) in [7, 11) is 1.62. The number of methoxy groups -OCH3 is 1. The van der Waals surface area contributed by atoms with E-state index < -0.39 is 0 Å². The Morgan fingerprint density at radius 1 is 1.04 bits per heavy atom. The second kappa shape index (κ2) is 7.25. The van der Waals surface area contributed by atoms with Crippen LogP contribution in [-0.4, -0.2) is 33.8 Å². The van der Waals surface area contributed by atoms with E-state index in [1.807, 2.05) is 48.5 Å². The fourth-order valence-electron chi connectivity index (χ4n) is 2.64. The number of para-hydroxylation sites is 1. The van der Waals surface area contributed by atoms with E-state index in [9.17, 15) is 0 Å². The van der Waals surface area contributed by atoms with Crippen LogP contribution in [-0.2, 0) is 0 Å². The van der Waals surface area contributed by atoms with Gasteiger partial charge in [0.15, 0.2) is 0 Å².